The Morgan fingerprint density at radius 3 is 3.00 bits per heavy atom. The summed E-state index contributed by atoms with van der Waals surface area (Å²) in [7, 11) is 0. The first kappa shape index (κ1) is 19.4. The number of nitrogens with one attached hydrogen (secondary N) is 2. The number of ether oxygens (including phenoxy) is 1. The van der Waals surface area contributed by atoms with Crippen LogP contribution in [0.25, 0.3) is 0 Å². The molecule has 1 aromatic heterocycles. The Hall–Kier alpha value is -1.90. The highest BCUT2D eigenvalue weighted by molar-refractivity contribution is 7.73. The Morgan fingerprint density at radius 1 is 1.43 bits per heavy atom. The Morgan fingerprint density at radius 2 is 2.21 bits per heavy atom. The van der Waals surface area contributed by atoms with Gasteiger partial charge in [-0.15, -0.1) is 11.6 Å². The molecule has 4 rings (SSSR count). The summed E-state index contributed by atoms with van der Waals surface area (Å²) >= 11 is 13.0. The van der Waals surface area contributed by atoms with Gasteiger partial charge in [0.25, 0.3) is 5.91 Å². The molecule has 3 atom stereocenters. The number of aromatic nitrogens is 1. The van der Waals surface area contributed by atoms with Crippen LogP contribution in [0.1, 0.15) is 41.9 Å². The van der Waals surface area contributed by atoms with Crippen molar-refractivity contribution in [2.24, 2.45) is 5.92 Å². The molecular formula is C19H20ClN3O3S2. The van der Waals surface area contributed by atoms with E-state index in [1.54, 1.807) is 12.1 Å². The molecule has 1 saturated carbocycles. The number of para-hydroxylation sites is 2. The average molecular weight is 438 g/mol. The predicted molar refractivity (Wildman–Crippen MR) is 113 cm³/mol. The lowest BCUT2D eigenvalue weighted by molar-refractivity contribution is -0.123. The molecule has 148 valence electrons. The van der Waals surface area contributed by atoms with Gasteiger partial charge in [0.2, 0.25) is 5.91 Å². The topological polar surface area (TPSA) is 72.4 Å². The fourth-order valence-corrected chi connectivity index (χ4v) is 5.58. The van der Waals surface area contributed by atoms with Gasteiger partial charge in [-0.25, -0.2) is 0 Å². The third kappa shape index (κ3) is 3.44. The zero-order valence-electron chi connectivity index (χ0n) is 15.2. The molecule has 0 saturated heterocycles. The Kier molecular flexibility index (Phi) is 5.44. The van der Waals surface area contributed by atoms with Crippen molar-refractivity contribution in [1.29, 1.82) is 0 Å². The molecule has 28 heavy (non-hydrogen) atoms. The maximum atomic E-state index is 13.0. The highest BCUT2D eigenvalue weighted by Gasteiger charge is 2.42. The Bertz CT molecular complexity index is 987. The second kappa shape index (κ2) is 7.85. The van der Waals surface area contributed by atoms with Gasteiger partial charge in [0.05, 0.1) is 18.2 Å². The van der Waals surface area contributed by atoms with Gasteiger partial charge in [0.1, 0.15) is 16.4 Å². The van der Waals surface area contributed by atoms with Crippen molar-refractivity contribution >= 4 is 58.5 Å². The number of rotatable bonds is 4. The van der Waals surface area contributed by atoms with Crippen LogP contribution in [-0.2, 0) is 4.79 Å². The fourth-order valence-electron chi connectivity index (χ4n) is 3.89. The van der Waals surface area contributed by atoms with E-state index in [9.17, 15) is 9.59 Å². The molecule has 0 spiro atoms. The largest absolute Gasteiger partial charge is 0.492 e. The van der Waals surface area contributed by atoms with Crippen LogP contribution in [0.2, 0.25) is 0 Å². The van der Waals surface area contributed by atoms with Crippen molar-refractivity contribution in [1.82, 2.24) is 4.57 Å². The van der Waals surface area contributed by atoms with E-state index in [1.165, 1.54) is 11.3 Å². The van der Waals surface area contributed by atoms with E-state index in [2.05, 4.69) is 10.6 Å². The van der Waals surface area contributed by atoms with E-state index in [-0.39, 0.29) is 29.2 Å². The summed E-state index contributed by atoms with van der Waals surface area (Å²) in [6.07, 6.45) is 2.23. The molecule has 3 unspecified atom stereocenters. The Labute approximate surface area is 176 Å². The van der Waals surface area contributed by atoms with Crippen molar-refractivity contribution in [2.75, 3.05) is 17.2 Å². The maximum Gasteiger partial charge on any atom is 0.269 e. The summed E-state index contributed by atoms with van der Waals surface area (Å²) in [5.41, 5.74) is 0.579. The van der Waals surface area contributed by atoms with Crippen LogP contribution in [0.5, 0.6) is 5.75 Å². The third-order valence-electron chi connectivity index (χ3n) is 5.14. The summed E-state index contributed by atoms with van der Waals surface area (Å²) in [5.74, 6) is 0.466. The molecule has 1 aliphatic carbocycles. The third-order valence-corrected chi connectivity index (χ3v) is 6.94. The molecule has 6 nitrogen and oxygen atoms in total. The first-order valence-corrected chi connectivity index (χ1v) is 10.9. The molecule has 2 amide bonds. The lowest BCUT2D eigenvalue weighted by Gasteiger charge is -2.38. The summed E-state index contributed by atoms with van der Waals surface area (Å²) in [4.78, 5) is 26.0. The summed E-state index contributed by atoms with van der Waals surface area (Å²) in [6.45, 7) is 2.38. The van der Waals surface area contributed by atoms with Gasteiger partial charge in [-0.05, 0) is 50.5 Å². The quantitative estimate of drug-likeness (QED) is 0.530. The van der Waals surface area contributed by atoms with Crippen molar-refractivity contribution < 1.29 is 14.3 Å². The fraction of sp³-hybridized carbons (Fsp3) is 0.421. The van der Waals surface area contributed by atoms with Crippen LogP contribution in [-0.4, -0.2) is 28.4 Å². The van der Waals surface area contributed by atoms with Gasteiger partial charge in [-0.3, -0.25) is 9.59 Å². The molecule has 9 heteroatoms. The SMILES string of the molecule is CCOc1ccccc1NC(=O)c1sc(=S)n2c1NC(=O)C1CC(Cl)CCC12. The normalized spacial score (nSPS) is 23.4. The average Bonchev–Trinajstić information content (AvgIpc) is 3.00. The number of hydrogen-bond acceptors (Lipinski definition) is 5. The summed E-state index contributed by atoms with van der Waals surface area (Å²) in [6, 6.07) is 7.21. The van der Waals surface area contributed by atoms with E-state index < -0.39 is 0 Å². The van der Waals surface area contributed by atoms with Crippen LogP contribution in [0.4, 0.5) is 11.5 Å². The van der Waals surface area contributed by atoms with Gasteiger partial charge in [-0.1, -0.05) is 23.5 Å². The molecule has 2 N–H and O–H groups in total. The van der Waals surface area contributed by atoms with Gasteiger partial charge < -0.3 is 19.9 Å². The summed E-state index contributed by atoms with van der Waals surface area (Å²) in [5, 5.41) is 5.78. The first-order chi connectivity index (χ1) is 13.5. The van der Waals surface area contributed by atoms with E-state index in [0.29, 0.717) is 39.1 Å². The predicted octanol–water partition coefficient (Wildman–Crippen LogP) is 4.83. The van der Waals surface area contributed by atoms with Crippen LogP contribution >= 0.6 is 35.2 Å². The van der Waals surface area contributed by atoms with Gasteiger partial charge in [0, 0.05) is 11.4 Å². The monoisotopic (exact) mass is 437 g/mol. The number of fused-ring (bicyclic) bond motifs is 3. The number of nitrogens with zero attached hydrogens (tertiary/aromatic N) is 1. The number of thiazole rings is 1. The van der Waals surface area contributed by atoms with E-state index in [1.807, 2.05) is 23.6 Å². The lowest BCUT2D eigenvalue weighted by atomic mass is 9.82. The number of carbonyl (C=O) groups is 2. The molecule has 1 aliphatic heterocycles. The van der Waals surface area contributed by atoms with Crippen LogP contribution in [0.15, 0.2) is 24.3 Å². The number of benzene rings is 1. The van der Waals surface area contributed by atoms with E-state index in [4.69, 9.17) is 28.6 Å². The van der Waals surface area contributed by atoms with Crippen LogP contribution < -0.4 is 15.4 Å². The Balaban J connectivity index is 1.66. The van der Waals surface area contributed by atoms with Crippen molar-refractivity contribution in [2.45, 2.75) is 37.6 Å². The molecule has 2 aromatic rings. The van der Waals surface area contributed by atoms with Gasteiger partial charge in [-0.2, -0.15) is 0 Å². The minimum absolute atomic E-state index is 0.000747. The number of anilines is 2. The van der Waals surface area contributed by atoms with Crippen LogP contribution in [0, 0.1) is 9.87 Å². The van der Waals surface area contributed by atoms with Gasteiger partial charge in [0.15, 0.2) is 3.95 Å². The zero-order chi connectivity index (χ0) is 19.8. The number of halogens is 1. The summed E-state index contributed by atoms with van der Waals surface area (Å²) < 4.78 is 8.08. The van der Waals surface area contributed by atoms with Crippen molar-refractivity contribution in [3.05, 3.63) is 33.1 Å². The maximum absolute atomic E-state index is 13.0. The number of carbonyl (C=O) groups excluding carboxylic acids is 2. The minimum atomic E-state index is -0.318. The van der Waals surface area contributed by atoms with E-state index >= 15 is 0 Å². The molecule has 2 aliphatic rings. The standard InChI is InChI=1S/C19H20ClN3O3S2/c1-2-26-14-6-4-3-5-12(14)21-18(25)15-16-22-17(24)11-9-10(20)7-8-13(11)23(16)19(27)28-15/h3-6,10-11,13H,2,7-9H2,1H3,(H,21,25)(H,22,24). The molecule has 0 bridgehead atoms. The smallest absolute Gasteiger partial charge is 0.269 e. The van der Waals surface area contributed by atoms with Crippen LogP contribution in [0.3, 0.4) is 0 Å². The van der Waals surface area contributed by atoms with E-state index in [0.717, 1.165) is 12.8 Å². The van der Waals surface area contributed by atoms with Crippen molar-refractivity contribution in [3.8, 4) is 5.75 Å². The molecule has 1 aromatic carbocycles. The zero-order valence-corrected chi connectivity index (χ0v) is 17.6. The molecule has 0 radical (unpaired) electrons. The number of hydrogen-bond donors (Lipinski definition) is 2. The van der Waals surface area contributed by atoms with Gasteiger partial charge >= 0.3 is 0 Å². The number of amides is 2. The highest BCUT2D eigenvalue weighted by atomic mass is 35.5. The lowest BCUT2D eigenvalue weighted by Crippen LogP contribution is -2.41. The molecule has 2 heterocycles. The number of alkyl halides is 1. The van der Waals surface area contributed by atoms with Crippen molar-refractivity contribution in [3.63, 3.8) is 0 Å². The first-order valence-electron chi connectivity index (χ1n) is 9.23. The minimum Gasteiger partial charge on any atom is -0.492 e. The molecule has 1 fully saturated rings. The second-order valence-electron chi connectivity index (χ2n) is 6.87. The highest BCUT2D eigenvalue weighted by Crippen LogP contribution is 2.44. The second-order valence-corrected chi connectivity index (χ2v) is 9.13. The molecular weight excluding hydrogens is 418 g/mol.